The molecule has 0 spiro atoms. The van der Waals surface area contributed by atoms with E-state index in [1.807, 2.05) is 30.3 Å². The fraction of sp³-hybridized carbons (Fsp3) is 0.0625. The van der Waals surface area contributed by atoms with Crippen LogP contribution < -0.4 is 4.31 Å². The Balaban J connectivity index is 1.99. The number of nitrogens with zero attached hydrogens (tertiary/aromatic N) is 2. The lowest BCUT2D eigenvalue weighted by atomic mass is 10.2. The second-order valence-corrected chi connectivity index (χ2v) is 6.94. The number of fused-ring (bicyclic) bond motifs is 1. The SMILES string of the molecule is PCN(Sc1cc(Cl)cc(Cl)c1)c1cccc2ncccc12. The Morgan fingerprint density at radius 3 is 2.55 bits per heavy atom. The van der Waals surface area contributed by atoms with E-state index >= 15 is 0 Å². The Morgan fingerprint density at radius 1 is 1.05 bits per heavy atom. The van der Waals surface area contributed by atoms with Gasteiger partial charge in [0.25, 0.3) is 0 Å². The summed E-state index contributed by atoms with van der Waals surface area (Å²) in [6.07, 6.45) is 2.57. The third kappa shape index (κ3) is 3.49. The Labute approximate surface area is 146 Å². The number of aromatic nitrogens is 1. The lowest BCUT2D eigenvalue weighted by Gasteiger charge is -2.23. The van der Waals surface area contributed by atoms with Crippen LogP contribution in [0.4, 0.5) is 5.69 Å². The normalized spacial score (nSPS) is 10.9. The first kappa shape index (κ1) is 15.9. The van der Waals surface area contributed by atoms with Crippen LogP contribution in [0.3, 0.4) is 0 Å². The largest absolute Gasteiger partial charge is 0.308 e. The summed E-state index contributed by atoms with van der Waals surface area (Å²) in [4.78, 5) is 5.41. The van der Waals surface area contributed by atoms with Crippen molar-refractivity contribution in [1.82, 2.24) is 4.98 Å². The van der Waals surface area contributed by atoms with Gasteiger partial charge in [-0.15, -0.1) is 9.24 Å². The van der Waals surface area contributed by atoms with Crippen molar-refractivity contribution < 1.29 is 0 Å². The van der Waals surface area contributed by atoms with Crippen LogP contribution in [0, 0.1) is 0 Å². The summed E-state index contributed by atoms with van der Waals surface area (Å²) in [7, 11) is 2.76. The number of rotatable bonds is 4. The zero-order valence-corrected chi connectivity index (χ0v) is 15.0. The van der Waals surface area contributed by atoms with E-state index in [0.29, 0.717) is 10.0 Å². The molecule has 3 aromatic rings. The van der Waals surface area contributed by atoms with Crippen molar-refractivity contribution in [2.45, 2.75) is 4.90 Å². The lowest BCUT2D eigenvalue weighted by molar-refractivity contribution is 1.30. The summed E-state index contributed by atoms with van der Waals surface area (Å²) in [6, 6.07) is 15.7. The summed E-state index contributed by atoms with van der Waals surface area (Å²) < 4.78 is 2.18. The second kappa shape index (κ2) is 7.06. The summed E-state index contributed by atoms with van der Waals surface area (Å²) in [5.74, 6) is 0. The Bertz CT molecular complexity index is 788. The molecule has 0 radical (unpaired) electrons. The van der Waals surface area contributed by atoms with E-state index in [1.165, 1.54) is 0 Å². The van der Waals surface area contributed by atoms with Crippen LogP contribution in [0.15, 0.2) is 59.6 Å². The molecule has 1 aromatic heterocycles. The summed E-state index contributed by atoms with van der Waals surface area (Å²) >= 11 is 13.8. The molecule has 3 rings (SSSR count). The Morgan fingerprint density at radius 2 is 1.82 bits per heavy atom. The molecule has 0 bridgehead atoms. The molecule has 1 atom stereocenters. The van der Waals surface area contributed by atoms with Gasteiger partial charge in [-0.25, -0.2) is 0 Å². The highest BCUT2D eigenvalue weighted by Crippen LogP contribution is 2.36. The Kier molecular flexibility index (Phi) is 5.10. The van der Waals surface area contributed by atoms with Crippen molar-refractivity contribution in [3.63, 3.8) is 0 Å². The first-order valence-corrected chi connectivity index (χ1v) is 8.97. The van der Waals surface area contributed by atoms with Crippen LogP contribution in [0.25, 0.3) is 10.9 Å². The maximum Gasteiger partial charge on any atom is 0.0723 e. The number of hydrogen-bond acceptors (Lipinski definition) is 3. The molecule has 1 unspecified atom stereocenters. The topological polar surface area (TPSA) is 16.1 Å². The number of hydrogen-bond donors (Lipinski definition) is 0. The molecule has 112 valence electrons. The molecule has 0 saturated carbocycles. The van der Waals surface area contributed by atoms with Crippen LogP contribution in [0.5, 0.6) is 0 Å². The molecular formula is C16H13Cl2N2PS. The molecule has 2 aromatic carbocycles. The average Bonchev–Trinajstić information content (AvgIpc) is 2.51. The van der Waals surface area contributed by atoms with Gasteiger partial charge in [-0.2, -0.15) is 0 Å². The number of benzene rings is 2. The second-order valence-electron chi connectivity index (χ2n) is 4.60. The minimum absolute atomic E-state index is 0.637. The van der Waals surface area contributed by atoms with E-state index in [0.717, 1.165) is 27.8 Å². The minimum Gasteiger partial charge on any atom is -0.308 e. The first-order chi connectivity index (χ1) is 10.7. The quantitative estimate of drug-likeness (QED) is 0.423. The molecule has 0 aliphatic heterocycles. The molecule has 0 amide bonds. The molecular weight excluding hydrogens is 354 g/mol. The van der Waals surface area contributed by atoms with Gasteiger partial charge in [0.1, 0.15) is 0 Å². The van der Waals surface area contributed by atoms with Crippen molar-refractivity contribution in [2.24, 2.45) is 0 Å². The van der Waals surface area contributed by atoms with Crippen LogP contribution >= 0.6 is 44.4 Å². The van der Waals surface area contributed by atoms with Gasteiger partial charge in [0.15, 0.2) is 0 Å². The van der Waals surface area contributed by atoms with Crippen molar-refractivity contribution >= 4 is 61.0 Å². The average molecular weight is 367 g/mol. The summed E-state index contributed by atoms with van der Waals surface area (Å²) in [6.45, 7) is 0. The van der Waals surface area contributed by atoms with E-state index in [4.69, 9.17) is 23.2 Å². The standard InChI is InChI=1S/C16H13Cl2N2PS/c17-11-7-12(18)9-13(8-11)22-20(10-21)16-5-1-4-15-14(16)3-2-6-19-15/h1-9H,10,21H2. The van der Waals surface area contributed by atoms with Gasteiger partial charge in [-0.3, -0.25) is 4.98 Å². The highest BCUT2D eigenvalue weighted by atomic mass is 35.5. The molecule has 0 fully saturated rings. The fourth-order valence-electron chi connectivity index (χ4n) is 2.20. The smallest absolute Gasteiger partial charge is 0.0723 e. The van der Waals surface area contributed by atoms with Crippen LogP contribution in [-0.4, -0.2) is 11.3 Å². The third-order valence-electron chi connectivity index (χ3n) is 3.11. The van der Waals surface area contributed by atoms with Crippen LogP contribution in [0.2, 0.25) is 10.0 Å². The van der Waals surface area contributed by atoms with Crippen LogP contribution in [0.1, 0.15) is 0 Å². The molecule has 0 N–H and O–H groups in total. The molecule has 0 saturated heterocycles. The molecule has 22 heavy (non-hydrogen) atoms. The molecule has 1 heterocycles. The van der Waals surface area contributed by atoms with Crippen molar-refractivity contribution in [2.75, 3.05) is 10.6 Å². The molecule has 6 heteroatoms. The van der Waals surface area contributed by atoms with E-state index in [1.54, 1.807) is 24.2 Å². The van der Waals surface area contributed by atoms with Gasteiger partial charge in [0.2, 0.25) is 0 Å². The van der Waals surface area contributed by atoms with E-state index < -0.39 is 0 Å². The monoisotopic (exact) mass is 366 g/mol. The number of halogens is 2. The zero-order valence-electron chi connectivity index (χ0n) is 11.5. The van der Waals surface area contributed by atoms with Crippen molar-refractivity contribution in [3.8, 4) is 0 Å². The highest BCUT2D eigenvalue weighted by Gasteiger charge is 2.11. The summed E-state index contributed by atoms with van der Waals surface area (Å²) in [5.41, 5.74) is 2.09. The van der Waals surface area contributed by atoms with E-state index in [2.05, 4.69) is 30.7 Å². The molecule has 0 aliphatic rings. The number of anilines is 1. The highest BCUT2D eigenvalue weighted by molar-refractivity contribution is 8.00. The molecule has 2 nitrogen and oxygen atoms in total. The van der Waals surface area contributed by atoms with Gasteiger partial charge >= 0.3 is 0 Å². The number of pyridine rings is 1. The van der Waals surface area contributed by atoms with Gasteiger partial charge in [0, 0.05) is 32.8 Å². The van der Waals surface area contributed by atoms with Crippen LogP contribution in [-0.2, 0) is 0 Å². The third-order valence-corrected chi connectivity index (χ3v) is 5.19. The molecule has 0 aliphatic carbocycles. The maximum atomic E-state index is 6.09. The van der Waals surface area contributed by atoms with Gasteiger partial charge in [-0.1, -0.05) is 29.3 Å². The van der Waals surface area contributed by atoms with Gasteiger partial charge < -0.3 is 4.31 Å². The van der Waals surface area contributed by atoms with Crippen molar-refractivity contribution in [1.29, 1.82) is 0 Å². The zero-order chi connectivity index (χ0) is 15.5. The van der Waals surface area contributed by atoms with Crippen molar-refractivity contribution in [3.05, 3.63) is 64.8 Å². The Hall–Kier alpha value is -0.990. The van der Waals surface area contributed by atoms with Gasteiger partial charge in [0.05, 0.1) is 11.2 Å². The lowest BCUT2D eigenvalue weighted by Crippen LogP contribution is -2.11. The predicted octanol–water partition coefficient (Wildman–Crippen LogP) is 5.89. The fourth-order valence-corrected chi connectivity index (χ4v) is 4.22. The van der Waals surface area contributed by atoms with Gasteiger partial charge in [-0.05, 0) is 54.4 Å². The summed E-state index contributed by atoms with van der Waals surface area (Å²) in [5, 5.41) is 2.39. The van der Waals surface area contributed by atoms with E-state index in [-0.39, 0.29) is 0 Å². The predicted molar refractivity (Wildman–Crippen MR) is 101 cm³/mol. The van der Waals surface area contributed by atoms with E-state index in [9.17, 15) is 0 Å². The first-order valence-electron chi connectivity index (χ1n) is 6.63. The maximum absolute atomic E-state index is 6.09. The minimum atomic E-state index is 0.637.